The molecule has 0 fully saturated rings. The zero-order valence-corrected chi connectivity index (χ0v) is 12.8. The molecule has 0 radical (unpaired) electrons. The van der Waals surface area contributed by atoms with Crippen LogP contribution in [-0.4, -0.2) is 14.9 Å². The number of nitrogen functional groups attached to an aromatic ring is 1. The summed E-state index contributed by atoms with van der Waals surface area (Å²) in [5.41, 5.74) is 6.14. The van der Waals surface area contributed by atoms with Gasteiger partial charge >= 0.3 is 11.9 Å². The van der Waals surface area contributed by atoms with E-state index in [1.165, 1.54) is 13.0 Å². The fourth-order valence-electron chi connectivity index (χ4n) is 2.54. The van der Waals surface area contributed by atoms with Gasteiger partial charge in [0.2, 0.25) is 0 Å². The number of hydrogen-bond acceptors (Lipinski definition) is 5. The van der Waals surface area contributed by atoms with Crippen molar-refractivity contribution in [2.75, 3.05) is 5.73 Å². The summed E-state index contributed by atoms with van der Waals surface area (Å²) in [6.45, 7) is 1.46. The van der Waals surface area contributed by atoms with E-state index in [0.717, 1.165) is 12.3 Å². The third-order valence-electron chi connectivity index (χ3n) is 3.77. The molecule has 0 aliphatic rings. The number of aryl methyl sites for hydroxylation is 1. The van der Waals surface area contributed by atoms with Crippen LogP contribution in [0.3, 0.4) is 0 Å². The number of nitrogens with two attached hydrogens (primary N) is 1. The summed E-state index contributed by atoms with van der Waals surface area (Å²) in [5, 5.41) is 11.3. The Kier molecular flexibility index (Phi) is 3.78. The van der Waals surface area contributed by atoms with E-state index in [0.29, 0.717) is 22.0 Å². The molecular weight excluding hydrogens is 337 g/mol. The Morgan fingerprint density at radius 2 is 1.92 bits per heavy atom. The van der Waals surface area contributed by atoms with Gasteiger partial charge in [-0.15, -0.1) is 0 Å². The Hall–Kier alpha value is -3.23. The van der Waals surface area contributed by atoms with E-state index in [1.54, 1.807) is 18.2 Å². The van der Waals surface area contributed by atoms with Gasteiger partial charge in [-0.3, -0.25) is 10.1 Å². The van der Waals surface area contributed by atoms with E-state index in [2.05, 4.69) is 9.97 Å². The molecule has 3 aromatic rings. The van der Waals surface area contributed by atoms with Crippen LogP contribution in [0.2, 0.25) is 0 Å². The normalized spacial score (nSPS) is 11.7. The van der Waals surface area contributed by atoms with Gasteiger partial charge in [0.05, 0.1) is 10.4 Å². The number of rotatable bonds is 2. The van der Waals surface area contributed by atoms with Gasteiger partial charge < -0.3 is 5.73 Å². The van der Waals surface area contributed by atoms with Gasteiger partial charge in [-0.2, -0.15) is 13.2 Å². The lowest BCUT2D eigenvalue weighted by atomic mass is 10.0. The number of pyridine rings is 2. The number of nitrogens with zero attached hydrogens (tertiary/aromatic N) is 3. The minimum atomic E-state index is -4.53. The van der Waals surface area contributed by atoms with E-state index in [9.17, 15) is 23.3 Å². The van der Waals surface area contributed by atoms with Gasteiger partial charge in [-0.05, 0) is 30.7 Å². The monoisotopic (exact) mass is 348 g/mol. The molecule has 9 heteroatoms. The van der Waals surface area contributed by atoms with Crippen LogP contribution in [0.4, 0.5) is 24.5 Å². The molecule has 0 bridgehead atoms. The highest BCUT2D eigenvalue weighted by Gasteiger charge is 2.32. The first-order chi connectivity index (χ1) is 11.7. The van der Waals surface area contributed by atoms with Crippen molar-refractivity contribution in [2.24, 2.45) is 0 Å². The van der Waals surface area contributed by atoms with Crippen molar-refractivity contribution in [2.45, 2.75) is 13.1 Å². The SMILES string of the molecule is Cc1nc(C(F)(F)F)ccc1-c1ccc2ncc([N+](=O)[O-])c(N)c2c1. The van der Waals surface area contributed by atoms with Crippen LogP contribution in [-0.2, 0) is 6.18 Å². The minimum Gasteiger partial charge on any atom is -0.393 e. The van der Waals surface area contributed by atoms with Crippen LogP contribution in [0.15, 0.2) is 36.5 Å². The number of benzene rings is 1. The van der Waals surface area contributed by atoms with E-state index in [-0.39, 0.29) is 17.1 Å². The number of aromatic nitrogens is 2. The first kappa shape index (κ1) is 16.6. The zero-order chi connectivity index (χ0) is 18.4. The van der Waals surface area contributed by atoms with Gasteiger partial charge in [0.1, 0.15) is 17.6 Å². The van der Waals surface area contributed by atoms with Crippen LogP contribution >= 0.6 is 0 Å². The third kappa shape index (κ3) is 2.95. The Morgan fingerprint density at radius 3 is 2.52 bits per heavy atom. The van der Waals surface area contributed by atoms with Crippen molar-refractivity contribution >= 4 is 22.3 Å². The minimum absolute atomic E-state index is 0.0469. The molecule has 0 saturated heterocycles. The molecular formula is C16H11F3N4O2. The number of halogens is 3. The summed E-state index contributed by atoms with van der Waals surface area (Å²) in [5.74, 6) is 0. The lowest BCUT2D eigenvalue weighted by Gasteiger charge is -2.11. The number of alkyl halides is 3. The lowest BCUT2D eigenvalue weighted by Crippen LogP contribution is -2.08. The number of anilines is 1. The Balaban J connectivity index is 2.16. The van der Waals surface area contributed by atoms with Crippen molar-refractivity contribution in [1.82, 2.24) is 9.97 Å². The van der Waals surface area contributed by atoms with E-state index < -0.39 is 16.8 Å². The van der Waals surface area contributed by atoms with Crippen molar-refractivity contribution in [3.8, 4) is 11.1 Å². The fraction of sp³-hybridized carbons (Fsp3) is 0.125. The quantitative estimate of drug-likeness (QED) is 0.555. The topological polar surface area (TPSA) is 94.9 Å². The third-order valence-corrected chi connectivity index (χ3v) is 3.77. The molecule has 0 atom stereocenters. The molecule has 2 aromatic heterocycles. The molecule has 0 saturated carbocycles. The molecule has 2 heterocycles. The Bertz CT molecular complexity index is 1000. The first-order valence-corrected chi connectivity index (χ1v) is 7.06. The first-order valence-electron chi connectivity index (χ1n) is 7.06. The van der Waals surface area contributed by atoms with Crippen molar-refractivity contribution in [3.63, 3.8) is 0 Å². The van der Waals surface area contributed by atoms with Crippen LogP contribution < -0.4 is 5.73 Å². The molecule has 25 heavy (non-hydrogen) atoms. The highest BCUT2D eigenvalue weighted by atomic mass is 19.4. The van der Waals surface area contributed by atoms with E-state index in [4.69, 9.17) is 5.73 Å². The largest absolute Gasteiger partial charge is 0.433 e. The average molecular weight is 348 g/mol. The highest BCUT2D eigenvalue weighted by molar-refractivity contribution is 5.97. The molecule has 0 spiro atoms. The molecule has 2 N–H and O–H groups in total. The summed E-state index contributed by atoms with van der Waals surface area (Å²) in [7, 11) is 0. The van der Waals surface area contributed by atoms with Gasteiger partial charge in [0.25, 0.3) is 0 Å². The fourth-order valence-corrected chi connectivity index (χ4v) is 2.54. The zero-order valence-electron chi connectivity index (χ0n) is 12.8. The maximum atomic E-state index is 12.7. The Morgan fingerprint density at radius 1 is 1.20 bits per heavy atom. The molecule has 0 aliphatic carbocycles. The smallest absolute Gasteiger partial charge is 0.393 e. The van der Waals surface area contributed by atoms with Crippen molar-refractivity contribution in [3.05, 3.63) is 58.0 Å². The maximum absolute atomic E-state index is 12.7. The van der Waals surface area contributed by atoms with Crippen molar-refractivity contribution in [1.29, 1.82) is 0 Å². The lowest BCUT2D eigenvalue weighted by molar-refractivity contribution is -0.384. The second kappa shape index (κ2) is 5.69. The number of fused-ring (bicyclic) bond motifs is 1. The summed E-state index contributed by atoms with van der Waals surface area (Å²) in [6.07, 6.45) is -3.45. The van der Waals surface area contributed by atoms with Crippen LogP contribution in [0.5, 0.6) is 0 Å². The second-order valence-corrected chi connectivity index (χ2v) is 5.37. The van der Waals surface area contributed by atoms with E-state index in [1.807, 2.05) is 0 Å². The van der Waals surface area contributed by atoms with Gasteiger partial charge in [-0.1, -0.05) is 12.1 Å². The molecule has 3 rings (SSSR count). The predicted octanol–water partition coefficient (Wildman–Crippen LogP) is 4.11. The second-order valence-electron chi connectivity index (χ2n) is 5.37. The molecule has 0 amide bonds. The van der Waals surface area contributed by atoms with Gasteiger partial charge in [-0.25, -0.2) is 9.97 Å². The highest BCUT2D eigenvalue weighted by Crippen LogP contribution is 2.34. The van der Waals surface area contributed by atoms with Gasteiger partial charge in [0.15, 0.2) is 0 Å². The molecule has 0 aliphatic heterocycles. The summed E-state index contributed by atoms with van der Waals surface area (Å²) in [4.78, 5) is 17.9. The molecule has 128 valence electrons. The van der Waals surface area contributed by atoms with Gasteiger partial charge in [0, 0.05) is 16.6 Å². The van der Waals surface area contributed by atoms with Crippen LogP contribution in [0, 0.1) is 17.0 Å². The van der Waals surface area contributed by atoms with Crippen LogP contribution in [0.1, 0.15) is 11.4 Å². The predicted molar refractivity (Wildman–Crippen MR) is 85.8 cm³/mol. The summed E-state index contributed by atoms with van der Waals surface area (Å²) >= 11 is 0. The van der Waals surface area contributed by atoms with Crippen LogP contribution in [0.25, 0.3) is 22.0 Å². The average Bonchev–Trinajstić information content (AvgIpc) is 2.54. The number of nitro groups is 1. The van der Waals surface area contributed by atoms with E-state index >= 15 is 0 Å². The Labute approximate surface area is 139 Å². The van der Waals surface area contributed by atoms with Crippen molar-refractivity contribution < 1.29 is 18.1 Å². The maximum Gasteiger partial charge on any atom is 0.433 e. The molecule has 6 nitrogen and oxygen atoms in total. The standard InChI is InChI=1S/C16H11F3N4O2/c1-8-10(3-5-14(22-8)16(17,18)19)9-2-4-12-11(6-9)15(20)13(7-21-12)23(24)25/h2-7H,1H3,(H2,20,21). The summed E-state index contributed by atoms with van der Waals surface area (Å²) < 4.78 is 38.2. The number of hydrogen-bond donors (Lipinski definition) is 1. The molecule has 1 aromatic carbocycles. The molecule has 0 unspecified atom stereocenters. The summed E-state index contributed by atoms with van der Waals surface area (Å²) in [6, 6.07) is 7.01.